The van der Waals surface area contributed by atoms with Crippen LogP contribution in [-0.4, -0.2) is 78.1 Å². The van der Waals surface area contributed by atoms with Crippen LogP contribution >= 0.6 is 24.0 Å². The number of aromatic nitrogens is 2. The van der Waals surface area contributed by atoms with Gasteiger partial charge in [0.15, 0.2) is 0 Å². The van der Waals surface area contributed by atoms with Gasteiger partial charge in [-0.25, -0.2) is 4.98 Å². The average molecular weight is 538 g/mol. The van der Waals surface area contributed by atoms with E-state index in [4.69, 9.17) is 26.7 Å². The minimum absolute atomic E-state index is 0.222. The van der Waals surface area contributed by atoms with E-state index in [1.807, 2.05) is 36.4 Å². The fourth-order valence-corrected chi connectivity index (χ4v) is 5.72. The molecule has 0 atom stereocenters. The molecule has 0 unspecified atom stereocenters. The highest BCUT2D eigenvalue weighted by Gasteiger charge is 2.33. The van der Waals surface area contributed by atoms with Crippen molar-refractivity contribution in [2.75, 3.05) is 63.4 Å². The minimum atomic E-state index is -0.222. The molecule has 0 saturated carbocycles. The van der Waals surface area contributed by atoms with Gasteiger partial charge in [0.25, 0.3) is 11.5 Å². The maximum atomic E-state index is 13.6. The van der Waals surface area contributed by atoms with Gasteiger partial charge in [-0.15, -0.1) is 0 Å². The molecule has 2 saturated heterocycles. The second-order valence-corrected chi connectivity index (χ2v) is 10.3. The Bertz CT molecular complexity index is 1410. The number of thioether (sulfide) groups is 1. The van der Waals surface area contributed by atoms with E-state index in [1.165, 1.54) is 21.1 Å². The molecule has 2 aliphatic heterocycles. The van der Waals surface area contributed by atoms with E-state index in [0.717, 1.165) is 24.5 Å². The monoisotopic (exact) mass is 537 g/mol. The van der Waals surface area contributed by atoms with E-state index in [2.05, 4.69) is 9.80 Å². The molecule has 4 heterocycles. The third-order valence-electron chi connectivity index (χ3n) is 6.43. The Hall–Kier alpha value is -3.41. The summed E-state index contributed by atoms with van der Waals surface area (Å²) in [5, 5.41) is 0. The quantitative estimate of drug-likeness (QED) is 0.334. The summed E-state index contributed by atoms with van der Waals surface area (Å²) in [4.78, 5) is 37.9. The van der Waals surface area contributed by atoms with Crippen LogP contribution in [0.1, 0.15) is 5.56 Å². The molecule has 3 aromatic rings. The number of pyridine rings is 1. The lowest BCUT2D eigenvalue weighted by Gasteiger charge is -2.37. The molecule has 0 radical (unpaired) electrons. The summed E-state index contributed by atoms with van der Waals surface area (Å²) in [6.07, 6.45) is 3.34. The number of nitrogens with zero attached hydrogens (tertiary/aromatic N) is 5. The first-order valence-electron chi connectivity index (χ1n) is 11.9. The third-order valence-corrected chi connectivity index (χ3v) is 7.81. The highest BCUT2D eigenvalue weighted by molar-refractivity contribution is 8.26. The van der Waals surface area contributed by atoms with Crippen LogP contribution in [0.3, 0.4) is 0 Å². The topological polar surface area (TPSA) is 79.6 Å². The number of fused-ring (bicyclic) bond motifs is 1. The molecule has 2 aromatic heterocycles. The molecular weight excluding hydrogens is 510 g/mol. The molecule has 0 bridgehead atoms. The standard InChI is InChI=1S/C26H27N5O4S2/c1-34-16-15-31-25(33)21(37-26(31)36)17-20-23(27-22-5-3-4-10-30(22)24(20)32)29-13-11-28(12-14-29)18-6-8-19(35-2)9-7-18/h3-10,17H,11-16H2,1-2H3/b21-17-. The Labute approximate surface area is 224 Å². The molecule has 0 spiro atoms. The molecule has 2 aliphatic rings. The number of amides is 1. The Balaban J connectivity index is 1.47. The Morgan fingerprint density at radius 3 is 2.46 bits per heavy atom. The first kappa shape index (κ1) is 25.2. The second kappa shape index (κ2) is 10.9. The molecule has 11 heteroatoms. The van der Waals surface area contributed by atoms with E-state index in [1.54, 1.807) is 32.6 Å². The van der Waals surface area contributed by atoms with E-state index in [-0.39, 0.29) is 11.5 Å². The predicted octanol–water partition coefficient (Wildman–Crippen LogP) is 2.88. The van der Waals surface area contributed by atoms with E-state index in [0.29, 0.717) is 52.5 Å². The lowest BCUT2D eigenvalue weighted by atomic mass is 10.2. The lowest BCUT2D eigenvalue weighted by Crippen LogP contribution is -2.47. The van der Waals surface area contributed by atoms with Crippen LogP contribution in [0.5, 0.6) is 5.75 Å². The van der Waals surface area contributed by atoms with Crippen LogP contribution in [0, 0.1) is 0 Å². The zero-order chi connectivity index (χ0) is 25.9. The predicted molar refractivity (Wildman–Crippen MR) is 151 cm³/mol. The maximum absolute atomic E-state index is 13.6. The number of hydrogen-bond donors (Lipinski definition) is 0. The van der Waals surface area contributed by atoms with Crippen LogP contribution < -0.4 is 20.1 Å². The number of carbonyl (C=O) groups is 1. The van der Waals surface area contributed by atoms with Gasteiger partial charge in [-0.3, -0.25) is 18.9 Å². The Kier molecular flexibility index (Phi) is 7.45. The van der Waals surface area contributed by atoms with Crippen molar-refractivity contribution >= 4 is 57.4 Å². The fourth-order valence-electron chi connectivity index (χ4n) is 4.43. The summed E-state index contributed by atoms with van der Waals surface area (Å²) in [5.41, 5.74) is 1.84. The SMILES string of the molecule is COCCN1C(=O)/C(=C/c2c(N3CCN(c4ccc(OC)cc4)CC3)nc3ccccn3c2=O)SC1=S. The summed E-state index contributed by atoms with van der Waals surface area (Å²) in [5.74, 6) is 1.17. The van der Waals surface area contributed by atoms with Crippen molar-refractivity contribution in [1.29, 1.82) is 0 Å². The van der Waals surface area contributed by atoms with Crippen LogP contribution in [0.25, 0.3) is 11.7 Å². The first-order chi connectivity index (χ1) is 18.0. The minimum Gasteiger partial charge on any atom is -0.497 e. The van der Waals surface area contributed by atoms with Crippen molar-refractivity contribution in [2.24, 2.45) is 0 Å². The summed E-state index contributed by atoms with van der Waals surface area (Å²) < 4.78 is 12.3. The zero-order valence-corrected chi connectivity index (χ0v) is 22.3. The van der Waals surface area contributed by atoms with Crippen LogP contribution in [0.2, 0.25) is 0 Å². The van der Waals surface area contributed by atoms with Crippen molar-refractivity contribution in [2.45, 2.75) is 0 Å². The van der Waals surface area contributed by atoms with Gasteiger partial charge in [0, 0.05) is 45.2 Å². The van der Waals surface area contributed by atoms with Gasteiger partial charge in [0.2, 0.25) is 0 Å². The molecule has 37 heavy (non-hydrogen) atoms. The number of thiocarbonyl (C=S) groups is 1. The largest absolute Gasteiger partial charge is 0.497 e. The molecular formula is C26H27N5O4S2. The number of piperazine rings is 1. The number of ether oxygens (including phenoxy) is 2. The highest BCUT2D eigenvalue weighted by atomic mass is 32.2. The Morgan fingerprint density at radius 1 is 1.03 bits per heavy atom. The molecule has 5 rings (SSSR count). The van der Waals surface area contributed by atoms with Crippen molar-refractivity contribution in [3.63, 3.8) is 0 Å². The molecule has 9 nitrogen and oxygen atoms in total. The number of anilines is 2. The maximum Gasteiger partial charge on any atom is 0.267 e. The van der Waals surface area contributed by atoms with Gasteiger partial charge >= 0.3 is 0 Å². The van der Waals surface area contributed by atoms with Gasteiger partial charge in [0.1, 0.15) is 21.5 Å². The second-order valence-electron chi connectivity index (χ2n) is 8.58. The van der Waals surface area contributed by atoms with E-state index in [9.17, 15) is 9.59 Å². The van der Waals surface area contributed by atoms with Crippen molar-refractivity contribution in [1.82, 2.24) is 14.3 Å². The van der Waals surface area contributed by atoms with Crippen LogP contribution in [0.15, 0.2) is 58.4 Å². The first-order valence-corrected chi connectivity index (χ1v) is 13.1. The Morgan fingerprint density at radius 2 is 1.76 bits per heavy atom. The summed E-state index contributed by atoms with van der Waals surface area (Å²) in [6.45, 7) is 3.63. The molecule has 0 N–H and O–H groups in total. The molecule has 2 fully saturated rings. The lowest BCUT2D eigenvalue weighted by molar-refractivity contribution is -0.122. The molecule has 192 valence electrons. The number of rotatable bonds is 7. The zero-order valence-electron chi connectivity index (χ0n) is 20.6. The van der Waals surface area contributed by atoms with Crippen LogP contribution in [-0.2, 0) is 9.53 Å². The van der Waals surface area contributed by atoms with Crippen LogP contribution in [0.4, 0.5) is 11.5 Å². The highest BCUT2D eigenvalue weighted by Crippen LogP contribution is 2.33. The van der Waals surface area contributed by atoms with Crippen molar-refractivity contribution in [3.05, 3.63) is 69.5 Å². The van der Waals surface area contributed by atoms with E-state index >= 15 is 0 Å². The van der Waals surface area contributed by atoms with E-state index < -0.39 is 0 Å². The van der Waals surface area contributed by atoms with Gasteiger partial charge in [-0.1, -0.05) is 30.0 Å². The van der Waals surface area contributed by atoms with Gasteiger partial charge in [-0.05, 0) is 42.5 Å². The number of hydrogen-bond acceptors (Lipinski definition) is 9. The fraction of sp³-hybridized carbons (Fsp3) is 0.308. The summed E-state index contributed by atoms with van der Waals surface area (Å²) in [7, 11) is 3.23. The third kappa shape index (κ3) is 5.07. The van der Waals surface area contributed by atoms with Crippen molar-refractivity contribution in [3.8, 4) is 5.75 Å². The molecule has 1 amide bonds. The molecule has 0 aliphatic carbocycles. The number of methoxy groups -OCH3 is 2. The molecule has 1 aromatic carbocycles. The number of benzene rings is 1. The summed E-state index contributed by atoms with van der Waals surface area (Å²) >= 11 is 6.61. The number of carbonyl (C=O) groups excluding carboxylic acids is 1. The van der Waals surface area contributed by atoms with Crippen molar-refractivity contribution < 1.29 is 14.3 Å². The average Bonchev–Trinajstić information content (AvgIpc) is 3.20. The van der Waals surface area contributed by atoms with Gasteiger partial charge < -0.3 is 19.3 Å². The van der Waals surface area contributed by atoms with Gasteiger partial charge in [0.05, 0.1) is 30.7 Å². The normalized spacial score (nSPS) is 17.4. The smallest absolute Gasteiger partial charge is 0.267 e. The summed E-state index contributed by atoms with van der Waals surface area (Å²) in [6, 6.07) is 13.5. The van der Waals surface area contributed by atoms with Gasteiger partial charge in [-0.2, -0.15) is 0 Å².